The van der Waals surface area contributed by atoms with Gasteiger partial charge in [0.05, 0.1) is 5.69 Å². The molecule has 5 N–H and O–H groups in total. The minimum Gasteiger partial charge on any atom is -0.397 e. The van der Waals surface area contributed by atoms with Crippen LogP contribution in [0.3, 0.4) is 0 Å². The van der Waals surface area contributed by atoms with Gasteiger partial charge in [0.25, 0.3) is 5.91 Å². The number of nitrogens with zero attached hydrogens (tertiary/aromatic N) is 1. The molecule has 17 heavy (non-hydrogen) atoms. The molecule has 0 atom stereocenters. The van der Waals surface area contributed by atoms with Crippen LogP contribution < -0.4 is 17.0 Å². The molecule has 0 spiro atoms. The number of hydrogen-bond acceptors (Lipinski definition) is 5. The van der Waals surface area contributed by atoms with E-state index in [-0.39, 0.29) is 5.91 Å². The zero-order chi connectivity index (χ0) is 12.0. The van der Waals surface area contributed by atoms with Gasteiger partial charge in [-0.05, 0) is 30.9 Å². The lowest BCUT2D eigenvalue weighted by atomic mass is 10.1. The van der Waals surface area contributed by atoms with E-state index in [1.807, 2.05) is 0 Å². The summed E-state index contributed by atoms with van der Waals surface area (Å²) in [7, 11) is 0. The molecule has 0 saturated carbocycles. The predicted octanol–water partition coefficient (Wildman–Crippen LogP) is 0.971. The molecule has 0 unspecified atom stereocenters. The van der Waals surface area contributed by atoms with Crippen LogP contribution in [0.25, 0.3) is 10.2 Å². The minimum absolute atomic E-state index is 0.356. The Bertz CT molecular complexity index is 619. The lowest BCUT2D eigenvalue weighted by Crippen LogP contribution is -2.29. The van der Waals surface area contributed by atoms with Crippen molar-refractivity contribution in [2.24, 2.45) is 5.84 Å². The van der Waals surface area contributed by atoms with Gasteiger partial charge >= 0.3 is 0 Å². The molecule has 0 bridgehead atoms. The van der Waals surface area contributed by atoms with Crippen LogP contribution in [-0.4, -0.2) is 10.9 Å². The summed E-state index contributed by atoms with van der Waals surface area (Å²) in [5.41, 5.74) is 10.9. The first-order chi connectivity index (χ1) is 8.20. The Balaban J connectivity index is 2.24. The van der Waals surface area contributed by atoms with Crippen LogP contribution in [0.4, 0.5) is 5.69 Å². The summed E-state index contributed by atoms with van der Waals surface area (Å²) in [6.07, 6.45) is 3.21. The molecule has 0 fully saturated rings. The van der Waals surface area contributed by atoms with Crippen LogP contribution in [0.5, 0.6) is 0 Å². The van der Waals surface area contributed by atoms with Gasteiger partial charge in [0.15, 0.2) is 0 Å². The van der Waals surface area contributed by atoms with Crippen molar-refractivity contribution < 1.29 is 4.79 Å². The number of amides is 1. The second-order valence-electron chi connectivity index (χ2n) is 4.12. The number of rotatable bonds is 1. The third-order valence-corrected chi connectivity index (χ3v) is 4.20. The van der Waals surface area contributed by atoms with Gasteiger partial charge in [-0.1, -0.05) is 0 Å². The lowest BCUT2D eigenvalue weighted by Gasteiger charge is -1.99. The maximum absolute atomic E-state index is 11.5. The summed E-state index contributed by atoms with van der Waals surface area (Å²) in [5, 5.41) is 0.870. The number of anilines is 1. The van der Waals surface area contributed by atoms with E-state index >= 15 is 0 Å². The Labute approximate surface area is 102 Å². The number of carbonyl (C=O) groups excluding carboxylic acids is 1. The second-order valence-corrected chi connectivity index (χ2v) is 5.12. The van der Waals surface area contributed by atoms with Crippen LogP contribution in [-0.2, 0) is 12.8 Å². The monoisotopic (exact) mass is 248 g/mol. The van der Waals surface area contributed by atoms with E-state index in [0.29, 0.717) is 10.6 Å². The first-order valence-corrected chi connectivity index (χ1v) is 6.24. The largest absolute Gasteiger partial charge is 0.397 e. The normalized spacial score (nSPS) is 13.9. The van der Waals surface area contributed by atoms with E-state index in [0.717, 1.165) is 35.2 Å². The number of pyridine rings is 1. The summed E-state index contributed by atoms with van der Waals surface area (Å²) in [6, 6.07) is 2.06. The van der Waals surface area contributed by atoms with Gasteiger partial charge in [-0.25, -0.2) is 10.8 Å². The maximum atomic E-state index is 11.5. The highest BCUT2D eigenvalue weighted by atomic mass is 32.1. The molecule has 5 nitrogen and oxygen atoms in total. The quantitative estimate of drug-likeness (QED) is 0.398. The highest BCUT2D eigenvalue weighted by Crippen LogP contribution is 2.35. The number of aromatic nitrogens is 1. The van der Waals surface area contributed by atoms with Gasteiger partial charge < -0.3 is 5.73 Å². The number of hydrazine groups is 1. The number of thiophene rings is 1. The molecule has 0 radical (unpaired) electrons. The zero-order valence-electron chi connectivity index (χ0n) is 9.12. The molecule has 1 aliphatic rings. The third kappa shape index (κ3) is 1.49. The second kappa shape index (κ2) is 3.68. The molecule has 0 aliphatic heterocycles. The first-order valence-electron chi connectivity index (χ1n) is 5.42. The fourth-order valence-corrected chi connectivity index (χ4v) is 3.23. The Kier molecular flexibility index (Phi) is 2.27. The molecule has 88 valence electrons. The van der Waals surface area contributed by atoms with Crippen molar-refractivity contribution in [2.45, 2.75) is 19.3 Å². The summed E-state index contributed by atoms with van der Waals surface area (Å²) < 4.78 is 0. The van der Waals surface area contributed by atoms with Crippen LogP contribution in [0.15, 0.2) is 6.07 Å². The van der Waals surface area contributed by atoms with Crippen molar-refractivity contribution >= 4 is 33.1 Å². The molecule has 1 amide bonds. The number of aryl methyl sites for hydroxylation is 2. The molecule has 2 aromatic rings. The molecule has 2 aromatic heterocycles. The standard InChI is InChI=1S/C11H12N4OS/c12-8-6-4-5-2-1-3-7(5)14-11(6)17-9(8)10(16)15-13/h4H,1-3,12-13H2,(H,15,16). The van der Waals surface area contributed by atoms with E-state index in [2.05, 4.69) is 16.5 Å². The van der Waals surface area contributed by atoms with Crippen LogP contribution in [0.1, 0.15) is 27.3 Å². The van der Waals surface area contributed by atoms with Gasteiger partial charge in [-0.15, -0.1) is 11.3 Å². The van der Waals surface area contributed by atoms with Gasteiger partial charge in [0, 0.05) is 11.1 Å². The Morgan fingerprint density at radius 3 is 3.06 bits per heavy atom. The summed E-state index contributed by atoms with van der Waals surface area (Å²) in [4.78, 5) is 17.4. The number of hydrogen-bond donors (Lipinski definition) is 3. The zero-order valence-corrected chi connectivity index (χ0v) is 9.93. The molecular formula is C11H12N4OS. The average molecular weight is 248 g/mol. The van der Waals surface area contributed by atoms with Crippen LogP contribution in [0.2, 0.25) is 0 Å². The topological polar surface area (TPSA) is 94.0 Å². The van der Waals surface area contributed by atoms with E-state index in [9.17, 15) is 4.79 Å². The fraction of sp³-hybridized carbons (Fsp3) is 0.273. The fourth-order valence-electron chi connectivity index (χ4n) is 2.23. The molecule has 0 saturated heterocycles. The molecule has 3 rings (SSSR count). The van der Waals surface area contributed by atoms with Crippen molar-refractivity contribution in [1.29, 1.82) is 0 Å². The number of nitrogens with two attached hydrogens (primary N) is 2. The maximum Gasteiger partial charge on any atom is 0.277 e. The van der Waals surface area contributed by atoms with Crippen molar-refractivity contribution in [3.05, 3.63) is 22.2 Å². The number of nitrogen functional groups attached to an aromatic ring is 2. The van der Waals surface area contributed by atoms with Crippen molar-refractivity contribution in [2.75, 3.05) is 5.73 Å². The van der Waals surface area contributed by atoms with Gasteiger partial charge in [0.2, 0.25) is 0 Å². The summed E-state index contributed by atoms with van der Waals surface area (Å²) in [5.74, 6) is 4.77. The molecule has 0 aromatic carbocycles. The SMILES string of the molecule is NNC(=O)c1sc2nc3c(cc2c1N)CCC3. The van der Waals surface area contributed by atoms with E-state index in [1.165, 1.54) is 16.9 Å². The summed E-state index contributed by atoms with van der Waals surface area (Å²) >= 11 is 1.29. The summed E-state index contributed by atoms with van der Waals surface area (Å²) in [6.45, 7) is 0. The third-order valence-electron chi connectivity index (χ3n) is 3.09. The van der Waals surface area contributed by atoms with E-state index in [4.69, 9.17) is 11.6 Å². The van der Waals surface area contributed by atoms with Crippen LogP contribution in [0, 0.1) is 0 Å². The number of carbonyl (C=O) groups is 1. The highest BCUT2D eigenvalue weighted by Gasteiger charge is 2.20. The number of fused-ring (bicyclic) bond motifs is 2. The Morgan fingerprint density at radius 1 is 1.47 bits per heavy atom. The predicted molar refractivity (Wildman–Crippen MR) is 67.7 cm³/mol. The van der Waals surface area contributed by atoms with Crippen molar-refractivity contribution in [3.63, 3.8) is 0 Å². The molecular weight excluding hydrogens is 236 g/mol. The molecule has 1 aliphatic carbocycles. The molecule has 2 heterocycles. The van der Waals surface area contributed by atoms with Gasteiger partial charge in [-0.3, -0.25) is 10.2 Å². The minimum atomic E-state index is -0.356. The Morgan fingerprint density at radius 2 is 2.29 bits per heavy atom. The average Bonchev–Trinajstić information content (AvgIpc) is 2.91. The van der Waals surface area contributed by atoms with Crippen molar-refractivity contribution in [1.82, 2.24) is 10.4 Å². The smallest absolute Gasteiger partial charge is 0.277 e. The lowest BCUT2D eigenvalue weighted by molar-refractivity contribution is 0.0958. The van der Waals surface area contributed by atoms with E-state index in [1.54, 1.807) is 0 Å². The Hall–Kier alpha value is -1.66. The van der Waals surface area contributed by atoms with E-state index < -0.39 is 0 Å². The first kappa shape index (κ1) is 10.5. The van der Waals surface area contributed by atoms with Crippen molar-refractivity contribution in [3.8, 4) is 0 Å². The molecule has 6 heteroatoms. The van der Waals surface area contributed by atoms with Gasteiger partial charge in [-0.2, -0.15) is 0 Å². The highest BCUT2D eigenvalue weighted by molar-refractivity contribution is 7.21. The van der Waals surface area contributed by atoms with Gasteiger partial charge in [0.1, 0.15) is 9.71 Å². The number of nitrogens with one attached hydrogen (secondary N) is 1. The van der Waals surface area contributed by atoms with Crippen LogP contribution >= 0.6 is 11.3 Å².